The van der Waals surface area contributed by atoms with Crippen LogP contribution >= 0.6 is 0 Å². The van der Waals surface area contributed by atoms with Crippen LogP contribution in [0, 0.1) is 29.1 Å². The summed E-state index contributed by atoms with van der Waals surface area (Å²) in [4.78, 5) is 25.5. The molecule has 2 fully saturated rings. The van der Waals surface area contributed by atoms with E-state index in [0.717, 1.165) is 25.7 Å². The number of para-hydroxylation sites is 1. The second kappa shape index (κ2) is 10.9. The molecule has 0 radical (unpaired) electrons. The van der Waals surface area contributed by atoms with Crippen molar-refractivity contribution >= 4 is 11.8 Å². The van der Waals surface area contributed by atoms with Crippen molar-refractivity contribution in [3.8, 4) is 5.75 Å². The number of benzene rings is 1. The Morgan fingerprint density at radius 3 is 2.63 bits per heavy atom. The van der Waals surface area contributed by atoms with E-state index in [4.69, 9.17) is 9.15 Å². The minimum atomic E-state index is -0.603. The van der Waals surface area contributed by atoms with E-state index in [1.165, 1.54) is 0 Å². The predicted molar refractivity (Wildman–Crippen MR) is 132 cm³/mol. The molecule has 190 valence electrons. The van der Waals surface area contributed by atoms with Crippen LogP contribution in [-0.4, -0.2) is 35.7 Å². The van der Waals surface area contributed by atoms with Crippen molar-refractivity contribution in [1.82, 2.24) is 10.6 Å². The Hall–Kier alpha value is -2.80. The summed E-state index contributed by atoms with van der Waals surface area (Å²) in [6.45, 7) is 6.59. The van der Waals surface area contributed by atoms with Crippen LogP contribution in [0.25, 0.3) is 0 Å². The molecule has 7 nitrogen and oxygen atoms in total. The van der Waals surface area contributed by atoms with Crippen LogP contribution in [0.3, 0.4) is 0 Å². The van der Waals surface area contributed by atoms with Gasteiger partial charge < -0.3 is 24.9 Å². The average Bonchev–Trinajstić information content (AvgIpc) is 3.37. The summed E-state index contributed by atoms with van der Waals surface area (Å²) in [5.74, 6) is 0.812. The maximum atomic E-state index is 12.9. The van der Waals surface area contributed by atoms with E-state index in [9.17, 15) is 14.7 Å². The van der Waals surface area contributed by atoms with Gasteiger partial charge in [-0.1, -0.05) is 39.0 Å². The zero-order valence-corrected chi connectivity index (χ0v) is 20.9. The molecule has 2 aliphatic carbocycles. The maximum Gasteiger partial charge on any atom is 0.258 e. The summed E-state index contributed by atoms with van der Waals surface area (Å²) in [5, 5.41) is 17.6. The lowest BCUT2D eigenvalue weighted by atomic mass is 9.51. The molecule has 7 atom stereocenters. The van der Waals surface area contributed by atoms with E-state index in [2.05, 4.69) is 24.5 Å². The monoisotopic (exact) mass is 482 g/mol. The molecule has 0 saturated heterocycles. The van der Waals surface area contributed by atoms with E-state index in [1.807, 2.05) is 43.3 Å². The van der Waals surface area contributed by atoms with Gasteiger partial charge in [0, 0.05) is 12.0 Å². The standard InChI is InChI=1S/C28H38N2O5/c1-18(27(33)29-16-21-10-7-15-34-21)22-11-13-28(3)14-12-23(19(2)25(28)26(22)32)30-24(31)17-35-20-8-5-4-6-9-20/h4-10,15,18-19,22-23,25-26,32H,11-14,16-17H2,1-3H3,(H,29,33)(H,30,31)/t18-,19-,22-,23-,25+,26-,28+/m0/s1. The highest BCUT2D eigenvalue weighted by Gasteiger charge is 2.53. The van der Waals surface area contributed by atoms with Gasteiger partial charge in [-0.2, -0.15) is 0 Å². The van der Waals surface area contributed by atoms with Gasteiger partial charge in [-0.15, -0.1) is 0 Å². The van der Waals surface area contributed by atoms with Crippen molar-refractivity contribution in [2.75, 3.05) is 6.61 Å². The molecule has 2 aliphatic rings. The van der Waals surface area contributed by atoms with E-state index < -0.39 is 6.10 Å². The van der Waals surface area contributed by atoms with Gasteiger partial charge in [-0.3, -0.25) is 9.59 Å². The Balaban J connectivity index is 1.36. The minimum absolute atomic E-state index is 0.00145. The number of carbonyl (C=O) groups excluding carboxylic acids is 2. The zero-order chi connectivity index (χ0) is 25.0. The van der Waals surface area contributed by atoms with Gasteiger partial charge in [0.25, 0.3) is 5.91 Å². The third-order valence-electron chi connectivity index (χ3n) is 8.42. The molecule has 3 N–H and O–H groups in total. The molecule has 1 aromatic heterocycles. The lowest BCUT2D eigenvalue weighted by Crippen LogP contribution is -2.58. The SMILES string of the molecule is C[C@@H]1[C@@H]2[C@@H](O)[C@H]([C@H](C)C(=O)NCc3ccco3)CC[C@]2(C)CC[C@@H]1NC(=O)COc1ccccc1. The second-order valence-corrected chi connectivity index (χ2v) is 10.6. The molecule has 1 aromatic carbocycles. The van der Waals surface area contributed by atoms with E-state index in [-0.39, 0.29) is 53.5 Å². The fraction of sp³-hybridized carbons (Fsp3) is 0.571. The lowest BCUT2D eigenvalue weighted by molar-refractivity contribution is -0.144. The number of fused-ring (bicyclic) bond motifs is 1. The van der Waals surface area contributed by atoms with Gasteiger partial charge in [-0.05, 0) is 73.1 Å². The van der Waals surface area contributed by atoms with Crippen molar-refractivity contribution in [2.24, 2.45) is 29.1 Å². The number of furan rings is 1. The molecule has 2 amide bonds. The fourth-order valence-electron chi connectivity index (χ4n) is 6.35. The molecular formula is C28H38N2O5. The molecule has 2 saturated carbocycles. The van der Waals surface area contributed by atoms with Crippen LogP contribution in [0.1, 0.15) is 52.2 Å². The van der Waals surface area contributed by atoms with Crippen LogP contribution in [0.2, 0.25) is 0 Å². The van der Waals surface area contributed by atoms with Crippen molar-refractivity contribution in [3.63, 3.8) is 0 Å². The third kappa shape index (κ3) is 5.72. The number of hydrogen-bond donors (Lipinski definition) is 3. The highest BCUT2D eigenvalue weighted by molar-refractivity contribution is 5.78. The third-order valence-corrected chi connectivity index (χ3v) is 8.42. The molecule has 0 spiro atoms. The average molecular weight is 483 g/mol. The first-order valence-electron chi connectivity index (χ1n) is 12.7. The summed E-state index contributed by atoms with van der Waals surface area (Å²) in [5.41, 5.74) is 0.00145. The van der Waals surface area contributed by atoms with Crippen LogP contribution < -0.4 is 15.4 Å². The summed E-state index contributed by atoms with van der Waals surface area (Å²) in [6.07, 6.45) is 4.59. The van der Waals surface area contributed by atoms with E-state index in [1.54, 1.807) is 12.3 Å². The molecule has 35 heavy (non-hydrogen) atoms. The molecular weight excluding hydrogens is 444 g/mol. The molecule has 0 aliphatic heterocycles. The smallest absolute Gasteiger partial charge is 0.258 e. The quantitative estimate of drug-likeness (QED) is 0.530. The van der Waals surface area contributed by atoms with Gasteiger partial charge >= 0.3 is 0 Å². The minimum Gasteiger partial charge on any atom is -0.484 e. The maximum absolute atomic E-state index is 12.9. The Kier molecular flexibility index (Phi) is 7.85. The number of ether oxygens (including phenoxy) is 1. The second-order valence-electron chi connectivity index (χ2n) is 10.6. The van der Waals surface area contributed by atoms with Crippen molar-refractivity contribution in [3.05, 3.63) is 54.5 Å². The number of carbonyl (C=O) groups is 2. The van der Waals surface area contributed by atoms with Crippen molar-refractivity contribution in [2.45, 2.75) is 65.1 Å². The Morgan fingerprint density at radius 1 is 1.17 bits per heavy atom. The van der Waals surface area contributed by atoms with Gasteiger partial charge in [0.2, 0.25) is 5.91 Å². The number of amides is 2. The fourth-order valence-corrected chi connectivity index (χ4v) is 6.35. The van der Waals surface area contributed by atoms with E-state index in [0.29, 0.717) is 18.1 Å². The molecule has 0 unspecified atom stereocenters. The first-order chi connectivity index (χ1) is 16.8. The van der Waals surface area contributed by atoms with Crippen LogP contribution in [0.15, 0.2) is 53.1 Å². The van der Waals surface area contributed by atoms with Crippen molar-refractivity contribution < 1.29 is 23.8 Å². The van der Waals surface area contributed by atoms with Crippen LogP contribution in [0.4, 0.5) is 0 Å². The molecule has 2 aromatic rings. The lowest BCUT2D eigenvalue weighted by Gasteiger charge is -2.56. The molecule has 1 heterocycles. The summed E-state index contributed by atoms with van der Waals surface area (Å²) >= 11 is 0. The van der Waals surface area contributed by atoms with Gasteiger partial charge in [0.05, 0.1) is 18.9 Å². The normalized spacial score (nSPS) is 31.1. The Labute approximate surface area is 207 Å². The number of hydrogen-bond acceptors (Lipinski definition) is 5. The number of rotatable bonds is 8. The van der Waals surface area contributed by atoms with Gasteiger partial charge in [0.15, 0.2) is 6.61 Å². The largest absolute Gasteiger partial charge is 0.484 e. The highest BCUT2D eigenvalue weighted by Crippen LogP contribution is 2.55. The molecule has 7 heteroatoms. The molecule has 0 bridgehead atoms. The first-order valence-corrected chi connectivity index (χ1v) is 12.7. The zero-order valence-electron chi connectivity index (χ0n) is 20.9. The Morgan fingerprint density at radius 2 is 1.91 bits per heavy atom. The van der Waals surface area contributed by atoms with Crippen LogP contribution in [-0.2, 0) is 16.1 Å². The summed E-state index contributed by atoms with van der Waals surface area (Å²) < 4.78 is 10.9. The summed E-state index contributed by atoms with van der Waals surface area (Å²) in [7, 11) is 0. The number of nitrogens with one attached hydrogen (secondary N) is 2. The molecule has 4 rings (SSSR count). The van der Waals surface area contributed by atoms with Crippen molar-refractivity contribution in [1.29, 1.82) is 0 Å². The van der Waals surface area contributed by atoms with Gasteiger partial charge in [0.1, 0.15) is 11.5 Å². The highest BCUT2D eigenvalue weighted by atomic mass is 16.5. The Bertz CT molecular complexity index is 978. The number of aliphatic hydroxyl groups is 1. The van der Waals surface area contributed by atoms with E-state index >= 15 is 0 Å². The summed E-state index contributed by atoms with van der Waals surface area (Å²) in [6, 6.07) is 12.9. The van der Waals surface area contributed by atoms with Gasteiger partial charge in [-0.25, -0.2) is 0 Å². The van der Waals surface area contributed by atoms with Crippen LogP contribution in [0.5, 0.6) is 5.75 Å². The topological polar surface area (TPSA) is 101 Å². The number of aliphatic hydroxyl groups excluding tert-OH is 1. The first kappa shape index (κ1) is 25.3. The predicted octanol–water partition coefficient (Wildman–Crippen LogP) is 3.92.